The quantitative estimate of drug-likeness (QED) is 0.599. The molecule has 0 radical (unpaired) electrons. The number of allylic oxidation sites excluding steroid dienone is 4. The number of esters is 1. The van der Waals surface area contributed by atoms with Crippen molar-refractivity contribution in [3.63, 3.8) is 0 Å². The molecule has 0 saturated heterocycles. The van der Waals surface area contributed by atoms with Gasteiger partial charge in [0.25, 0.3) is 0 Å². The van der Waals surface area contributed by atoms with Crippen molar-refractivity contribution in [2.75, 3.05) is 18.1 Å². The number of rotatable bonds is 8. The summed E-state index contributed by atoms with van der Waals surface area (Å²) in [5.41, 5.74) is 2.86. The van der Waals surface area contributed by atoms with E-state index in [1.54, 1.807) is 13.8 Å². The molecule has 0 fully saturated rings. The van der Waals surface area contributed by atoms with E-state index in [2.05, 4.69) is 23.1 Å². The largest absolute Gasteiger partial charge is 0.492 e. The van der Waals surface area contributed by atoms with Gasteiger partial charge in [-0.05, 0) is 62.2 Å². The van der Waals surface area contributed by atoms with Crippen molar-refractivity contribution in [3.05, 3.63) is 89.9 Å². The number of hydrogen-bond acceptors (Lipinski definition) is 6. The van der Waals surface area contributed by atoms with Crippen LogP contribution in [0.4, 0.5) is 5.69 Å². The smallest absolute Gasteiger partial charge is 0.335 e. The third-order valence-electron chi connectivity index (χ3n) is 5.30. The van der Waals surface area contributed by atoms with Crippen LogP contribution in [0.5, 0.6) is 11.5 Å². The van der Waals surface area contributed by atoms with Gasteiger partial charge >= 0.3 is 5.97 Å². The highest BCUT2D eigenvalue weighted by Crippen LogP contribution is 2.38. The molecule has 6 nitrogen and oxygen atoms in total. The first kappa shape index (κ1) is 22.7. The standard InChI is InChI=1S/C27H29NO5/c1-19(2)32-27(30)24(29)18-20-12-14-21(15-13-20)31-17-16-28-22-8-4-3-5-10-25(22)33-26-11-7-6-9-23(26)28/h4-15,19,24,29H,3,16-18H2,1-2H3. The van der Waals surface area contributed by atoms with Crippen molar-refractivity contribution in [1.29, 1.82) is 0 Å². The third kappa shape index (κ3) is 5.65. The predicted molar refractivity (Wildman–Crippen MR) is 127 cm³/mol. The van der Waals surface area contributed by atoms with E-state index in [0.717, 1.165) is 40.6 Å². The summed E-state index contributed by atoms with van der Waals surface area (Å²) in [5.74, 6) is 1.79. The van der Waals surface area contributed by atoms with Crippen LogP contribution < -0.4 is 14.4 Å². The zero-order chi connectivity index (χ0) is 23.2. The Kier molecular flexibility index (Phi) is 7.15. The van der Waals surface area contributed by atoms with E-state index in [4.69, 9.17) is 14.2 Å². The molecule has 2 aromatic carbocycles. The highest BCUT2D eigenvalue weighted by Gasteiger charge is 2.24. The molecule has 33 heavy (non-hydrogen) atoms. The highest BCUT2D eigenvalue weighted by atomic mass is 16.6. The number of aliphatic hydroxyl groups excluding tert-OH is 1. The van der Waals surface area contributed by atoms with Crippen molar-refractivity contribution in [1.82, 2.24) is 0 Å². The Bertz CT molecular complexity index is 1070. The average molecular weight is 448 g/mol. The fourth-order valence-corrected chi connectivity index (χ4v) is 3.76. The SMILES string of the molecule is CC(C)OC(=O)C(O)Cc1ccc(OCCN2C3=C(C=CCC=C3)Oc3ccccc32)cc1. The summed E-state index contributed by atoms with van der Waals surface area (Å²) in [4.78, 5) is 14.0. The molecule has 1 atom stereocenters. The maximum Gasteiger partial charge on any atom is 0.335 e. The molecule has 0 aromatic heterocycles. The molecule has 0 spiro atoms. The Morgan fingerprint density at radius 2 is 1.85 bits per heavy atom. The summed E-state index contributed by atoms with van der Waals surface area (Å²) in [7, 11) is 0. The van der Waals surface area contributed by atoms with Gasteiger partial charge in [-0.15, -0.1) is 0 Å². The minimum absolute atomic E-state index is 0.202. The zero-order valence-corrected chi connectivity index (χ0v) is 18.9. The highest BCUT2D eigenvalue weighted by molar-refractivity contribution is 5.75. The molecule has 1 unspecified atom stereocenters. The number of para-hydroxylation sites is 2. The Morgan fingerprint density at radius 1 is 1.09 bits per heavy atom. The van der Waals surface area contributed by atoms with Crippen LogP contribution in [0.3, 0.4) is 0 Å². The molecule has 172 valence electrons. The van der Waals surface area contributed by atoms with E-state index in [-0.39, 0.29) is 12.5 Å². The second kappa shape index (κ2) is 10.4. The Balaban J connectivity index is 1.37. The van der Waals surface area contributed by atoms with Gasteiger partial charge in [-0.25, -0.2) is 4.79 Å². The van der Waals surface area contributed by atoms with Gasteiger partial charge in [-0.2, -0.15) is 0 Å². The zero-order valence-electron chi connectivity index (χ0n) is 18.9. The Morgan fingerprint density at radius 3 is 2.64 bits per heavy atom. The summed E-state index contributed by atoms with van der Waals surface area (Å²) in [6.07, 6.45) is 7.96. The van der Waals surface area contributed by atoms with Crippen molar-refractivity contribution in [2.24, 2.45) is 0 Å². The van der Waals surface area contributed by atoms with E-state index < -0.39 is 12.1 Å². The van der Waals surface area contributed by atoms with Gasteiger partial charge in [0.2, 0.25) is 0 Å². The first-order valence-electron chi connectivity index (χ1n) is 11.2. The van der Waals surface area contributed by atoms with Gasteiger partial charge < -0.3 is 24.2 Å². The average Bonchev–Trinajstić information content (AvgIpc) is 3.04. The minimum atomic E-state index is -1.18. The van der Waals surface area contributed by atoms with Crippen LogP contribution in [-0.2, 0) is 16.0 Å². The monoisotopic (exact) mass is 447 g/mol. The third-order valence-corrected chi connectivity index (χ3v) is 5.30. The van der Waals surface area contributed by atoms with Crippen molar-refractivity contribution >= 4 is 11.7 Å². The molecular formula is C27H29NO5. The summed E-state index contributed by atoms with van der Waals surface area (Å²) >= 11 is 0. The first-order valence-corrected chi connectivity index (χ1v) is 11.2. The number of carbonyl (C=O) groups excluding carboxylic acids is 1. The molecule has 1 aliphatic heterocycles. The van der Waals surface area contributed by atoms with Crippen LogP contribution in [0.15, 0.2) is 84.3 Å². The van der Waals surface area contributed by atoms with Gasteiger partial charge in [0.1, 0.15) is 12.4 Å². The van der Waals surface area contributed by atoms with E-state index in [1.165, 1.54) is 0 Å². The maximum absolute atomic E-state index is 11.8. The Labute approximate surface area is 194 Å². The van der Waals surface area contributed by atoms with Crippen LogP contribution in [-0.4, -0.2) is 36.4 Å². The summed E-state index contributed by atoms with van der Waals surface area (Å²) in [6.45, 7) is 4.64. The molecule has 1 heterocycles. The van der Waals surface area contributed by atoms with Gasteiger partial charge in [-0.3, -0.25) is 0 Å². The lowest BCUT2D eigenvalue weighted by atomic mass is 10.1. The van der Waals surface area contributed by atoms with Crippen molar-refractivity contribution in [3.8, 4) is 11.5 Å². The molecule has 6 heteroatoms. The van der Waals surface area contributed by atoms with Crippen LogP contribution in [0.2, 0.25) is 0 Å². The molecular weight excluding hydrogens is 418 g/mol. The van der Waals surface area contributed by atoms with Crippen molar-refractivity contribution in [2.45, 2.75) is 38.9 Å². The normalized spacial score (nSPS) is 15.5. The van der Waals surface area contributed by atoms with Crippen LogP contribution >= 0.6 is 0 Å². The molecule has 4 rings (SSSR count). The lowest BCUT2D eigenvalue weighted by Gasteiger charge is -2.32. The summed E-state index contributed by atoms with van der Waals surface area (Å²) < 4.78 is 17.1. The van der Waals surface area contributed by atoms with E-state index in [9.17, 15) is 9.90 Å². The van der Waals surface area contributed by atoms with E-state index in [1.807, 2.05) is 54.6 Å². The molecule has 0 amide bonds. The lowest BCUT2D eigenvalue weighted by molar-refractivity contribution is -0.157. The number of fused-ring (bicyclic) bond motifs is 1. The maximum atomic E-state index is 11.8. The van der Waals surface area contributed by atoms with E-state index in [0.29, 0.717) is 13.2 Å². The number of nitrogens with zero attached hydrogens (tertiary/aromatic N) is 1. The first-order chi connectivity index (χ1) is 16.0. The Hall–Kier alpha value is -3.51. The van der Waals surface area contributed by atoms with E-state index >= 15 is 0 Å². The fraction of sp³-hybridized carbons (Fsp3) is 0.296. The van der Waals surface area contributed by atoms with Gasteiger partial charge in [0, 0.05) is 6.42 Å². The summed E-state index contributed by atoms with van der Waals surface area (Å²) in [5, 5.41) is 10.0. The minimum Gasteiger partial charge on any atom is -0.492 e. The van der Waals surface area contributed by atoms with Crippen molar-refractivity contribution < 1.29 is 24.1 Å². The van der Waals surface area contributed by atoms with Crippen LogP contribution in [0.25, 0.3) is 0 Å². The summed E-state index contributed by atoms with van der Waals surface area (Å²) in [6, 6.07) is 15.4. The van der Waals surface area contributed by atoms with Gasteiger partial charge in [0.05, 0.1) is 24.0 Å². The number of anilines is 1. The number of benzene rings is 2. The second-order valence-electron chi connectivity index (χ2n) is 8.21. The topological polar surface area (TPSA) is 68.2 Å². The predicted octanol–water partition coefficient (Wildman–Crippen LogP) is 4.55. The van der Waals surface area contributed by atoms with Crippen LogP contribution in [0, 0.1) is 0 Å². The number of hydrogen-bond donors (Lipinski definition) is 1. The number of carbonyl (C=O) groups is 1. The van der Waals surface area contributed by atoms with Crippen LogP contribution in [0.1, 0.15) is 25.8 Å². The number of aliphatic hydroxyl groups is 1. The molecule has 0 saturated carbocycles. The molecule has 0 bridgehead atoms. The lowest BCUT2D eigenvalue weighted by Crippen LogP contribution is -2.31. The van der Waals surface area contributed by atoms with Gasteiger partial charge in [-0.1, -0.05) is 36.4 Å². The number of ether oxygens (including phenoxy) is 3. The fourth-order valence-electron chi connectivity index (χ4n) is 3.76. The molecule has 1 N–H and O–H groups in total. The van der Waals surface area contributed by atoms with Gasteiger partial charge in [0.15, 0.2) is 17.6 Å². The molecule has 2 aromatic rings. The second-order valence-corrected chi connectivity index (χ2v) is 8.21. The molecule has 2 aliphatic rings. The molecule has 1 aliphatic carbocycles.